The molecule has 0 saturated carbocycles. The molecule has 2 aromatic carbocycles. The van der Waals surface area contributed by atoms with Gasteiger partial charge in [0.05, 0.1) is 16.7 Å². The summed E-state index contributed by atoms with van der Waals surface area (Å²) in [6.45, 7) is 0.0381. The quantitative estimate of drug-likeness (QED) is 0.627. The molecule has 3 amide bonds. The van der Waals surface area contributed by atoms with Crippen LogP contribution in [-0.4, -0.2) is 67.5 Å². The van der Waals surface area contributed by atoms with E-state index >= 15 is 0 Å². The van der Waals surface area contributed by atoms with Crippen molar-refractivity contribution in [2.24, 2.45) is 0 Å². The Hall–Kier alpha value is -2.68. The molecule has 0 unspecified atom stereocenters. The standard InChI is InChI=1S/C21H20Cl2FN3O4/c1-31-9-8-25(21(30)14-2-7-17(22)18(23)10-14)11-19(28)26-12-20(29)27(13-26)16-5-3-15(24)4-6-16/h2-7,10H,8-9,11-13H2,1H3. The van der Waals surface area contributed by atoms with Crippen molar-refractivity contribution in [2.45, 2.75) is 0 Å². The molecule has 0 aliphatic carbocycles. The predicted octanol–water partition coefficient (Wildman–Crippen LogP) is 3.05. The van der Waals surface area contributed by atoms with Crippen LogP contribution in [0, 0.1) is 5.82 Å². The Morgan fingerprint density at radius 2 is 1.84 bits per heavy atom. The molecule has 1 saturated heterocycles. The molecule has 0 aromatic heterocycles. The first-order chi connectivity index (χ1) is 14.8. The predicted molar refractivity (Wildman–Crippen MR) is 115 cm³/mol. The van der Waals surface area contributed by atoms with E-state index in [0.29, 0.717) is 10.7 Å². The zero-order chi connectivity index (χ0) is 22.5. The summed E-state index contributed by atoms with van der Waals surface area (Å²) in [7, 11) is 1.49. The van der Waals surface area contributed by atoms with Gasteiger partial charge in [0.1, 0.15) is 25.6 Å². The monoisotopic (exact) mass is 467 g/mol. The van der Waals surface area contributed by atoms with Crippen molar-refractivity contribution in [1.29, 1.82) is 0 Å². The van der Waals surface area contributed by atoms with Gasteiger partial charge in [0, 0.05) is 24.9 Å². The SMILES string of the molecule is COCCN(CC(=O)N1CC(=O)N(c2ccc(F)cc2)C1)C(=O)c1ccc(Cl)c(Cl)c1. The smallest absolute Gasteiger partial charge is 0.254 e. The summed E-state index contributed by atoms with van der Waals surface area (Å²) in [6.07, 6.45) is 0. The lowest BCUT2D eigenvalue weighted by Crippen LogP contribution is -2.44. The fraction of sp³-hybridized carbons (Fsp3) is 0.286. The number of rotatable bonds is 7. The van der Waals surface area contributed by atoms with E-state index < -0.39 is 17.6 Å². The number of benzene rings is 2. The second-order valence-electron chi connectivity index (χ2n) is 6.88. The number of carbonyl (C=O) groups is 3. The number of ether oxygens (including phenoxy) is 1. The molecule has 7 nitrogen and oxygen atoms in total. The lowest BCUT2D eigenvalue weighted by atomic mass is 10.2. The maximum atomic E-state index is 13.2. The fourth-order valence-corrected chi connectivity index (χ4v) is 3.39. The molecular weight excluding hydrogens is 448 g/mol. The molecule has 31 heavy (non-hydrogen) atoms. The zero-order valence-corrected chi connectivity index (χ0v) is 18.2. The summed E-state index contributed by atoms with van der Waals surface area (Å²) in [4.78, 5) is 42.2. The highest BCUT2D eigenvalue weighted by Gasteiger charge is 2.33. The van der Waals surface area contributed by atoms with Crippen LogP contribution in [0.3, 0.4) is 0 Å². The van der Waals surface area contributed by atoms with Crippen LogP contribution in [0.25, 0.3) is 0 Å². The summed E-state index contributed by atoms with van der Waals surface area (Å²) in [5.74, 6) is -1.52. The Labute approximate surface area is 188 Å². The third-order valence-corrected chi connectivity index (χ3v) is 5.51. The van der Waals surface area contributed by atoms with Crippen LogP contribution in [0.1, 0.15) is 10.4 Å². The lowest BCUT2D eigenvalue weighted by Gasteiger charge is -2.25. The summed E-state index contributed by atoms with van der Waals surface area (Å²) in [5.41, 5.74) is 0.772. The maximum absolute atomic E-state index is 13.2. The molecule has 0 spiro atoms. The minimum Gasteiger partial charge on any atom is -0.383 e. The fourth-order valence-electron chi connectivity index (χ4n) is 3.09. The number of hydrogen-bond acceptors (Lipinski definition) is 4. The van der Waals surface area contributed by atoms with E-state index in [9.17, 15) is 18.8 Å². The van der Waals surface area contributed by atoms with E-state index in [1.54, 1.807) is 0 Å². The molecular formula is C21H20Cl2FN3O4. The highest BCUT2D eigenvalue weighted by atomic mass is 35.5. The molecule has 1 heterocycles. The van der Waals surface area contributed by atoms with Crippen LogP contribution in [0.5, 0.6) is 0 Å². The Kier molecular flexibility index (Phi) is 7.48. The van der Waals surface area contributed by atoms with Gasteiger partial charge >= 0.3 is 0 Å². The molecule has 0 radical (unpaired) electrons. The molecule has 0 atom stereocenters. The molecule has 0 N–H and O–H groups in total. The number of carbonyl (C=O) groups excluding carboxylic acids is 3. The van der Waals surface area contributed by atoms with Crippen LogP contribution < -0.4 is 4.90 Å². The molecule has 0 bridgehead atoms. The van der Waals surface area contributed by atoms with E-state index in [1.165, 1.54) is 64.3 Å². The minimum atomic E-state index is -0.419. The highest BCUT2D eigenvalue weighted by molar-refractivity contribution is 6.42. The summed E-state index contributed by atoms with van der Waals surface area (Å²) < 4.78 is 18.2. The lowest BCUT2D eigenvalue weighted by molar-refractivity contribution is -0.132. The summed E-state index contributed by atoms with van der Waals surface area (Å²) >= 11 is 11.9. The largest absolute Gasteiger partial charge is 0.383 e. The minimum absolute atomic E-state index is 0.0163. The van der Waals surface area contributed by atoms with Crippen molar-refractivity contribution in [2.75, 3.05) is 44.9 Å². The van der Waals surface area contributed by atoms with Gasteiger partial charge in [0.25, 0.3) is 5.91 Å². The normalized spacial score (nSPS) is 13.6. The number of amides is 3. The first-order valence-electron chi connectivity index (χ1n) is 9.37. The number of methoxy groups -OCH3 is 1. The van der Waals surface area contributed by atoms with Crippen LogP contribution in [-0.2, 0) is 14.3 Å². The van der Waals surface area contributed by atoms with Gasteiger partial charge < -0.3 is 14.5 Å². The topological polar surface area (TPSA) is 70.2 Å². The van der Waals surface area contributed by atoms with Gasteiger partial charge in [-0.05, 0) is 42.5 Å². The molecule has 1 aliphatic rings. The van der Waals surface area contributed by atoms with Crippen LogP contribution in [0.2, 0.25) is 10.0 Å². The van der Waals surface area contributed by atoms with Crippen molar-refractivity contribution in [3.63, 3.8) is 0 Å². The first-order valence-corrected chi connectivity index (χ1v) is 10.1. The Morgan fingerprint density at radius 1 is 1.13 bits per heavy atom. The Balaban J connectivity index is 1.71. The molecule has 164 valence electrons. The number of anilines is 1. The average Bonchev–Trinajstić information content (AvgIpc) is 3.14. The molecule has 1 fully saturated rings. The second kappa shape index (κ2) is 10.1. The third-order valence-electron chi connectivity index (χ3n) is 4.78. The van der Waals surface area contributed by atoms with Crippen molar-refractivity contribution in [1.82, 2.24) is 9.80 Å². The number of nitrogens with zero attached hydrogens (tertiary/aromatic N) is 3. The maximum Gasteiger partial charge on any atom is 0.254 e. The van der Waals surface area contributed by atoms with Gasteiger partial charge in [-0.2, -0.15) is 0 Å². The number of halogens is 3. The molecule has 1 aliphatic heterocycles. The van der Waals surface area contributed by atoms with Crippen LogP contribution in [0.15, 0.2) is 42.5 Å². The van der Waals surface area contributed by atoms with Crippen molar-refractivity contribution >= 4 is 46.6 Å². The van der Waals surface area contributed by atoms with Gasteiger partial charge in [-0.25, -0.2) is 4.39 Å². The van der Waals surface area contributed by atoms with E-state index in [-0.39, 0.29) is 49.4 Å². The van der Waals surface area contributed by atoms with Crippen LogP contribution in [0.4, 0.5) is 10.1 Å². The van der Waals surface area contributed by atoms with Crippen molar-refractivity contribution < 1.29 is 23.5 Å². The van der Waals surface area contributed by atoms with Crippen molar-refractivity contribution in [3.05, 3.63) is 63.9 Å². The van der Waals surface area contributed by atoms with Crippen LogP contribution >= 0.6 is 23.2 Å². The Morgan fingerprint density at radius 3 is 2.48 bits per heavy atom. The van der Waals surface area contributed by atoms with E-state index in [4.69, 9.17) is 27.9 Å². The van der Waals surface area contributed by atoms with E-state index in [1.807, 2.05) is 0 Å². The summed E-state index contributed by atoms with van der Waals surface area (Å²) in [6, 6.07) is 9.90. The van der Waals surface area contributed by atoms with Gasteiger partial charge in [-0.15, -0.1) is 0 Å². The van der Waals surface area contributed by atoms with Gasteiger partial charge in [-0.1, -0.05) is 23.2 Å². The van der Waals surface area contributed by atoms with Gasteiger partial charge in [0.15, 0.2) is 0 Å². The average molecular weight is 468 g/mol. The van der Waals surface area contributed by atoms with E-state index in [0.717, 1.165) is 0 Å². The second-order valence-corrected chi connectivity index (χ2v) is 7.69. The molecule has 10 heteroatoms. The van der Waals surface area contributed by atoms with E-state index in [2.05, 4.69) is 0 Å². The number of hydrogen-bond donors (Lipinski definition) is 0. The first kappa shape index (κ1) is 23.0. The molecule has 2 aromatic rings. The third kappa shape index (κ3) is 5.52. The Bertz CT molecular complexity index is 987. The molecule has 3 rings (SSSR count). The van der Waals surface area contributed by atoms with Crippen molar-refractivity contribution in [3.8, 4) is 0 Å². The zero-order valence-electron chi connectivity index (χ0n) is 16.7. The highest BCUT2D eigenvalue weighted by Crippen LogP contribution is 2.24. The summed E-state index contributed by atoms with van der Waals surface area (Å²) in [5, 5.41) is 0.541. The van der Waals surface area contributed by atoms with Gasteiger partial charge in [0.2, 0.25) is 11.8 Å². The van der Waals surface area contributed by atoms with Gasteiger partial charge in [-0.3, -0.25) is 19.3 Å².